The molecule has 3 atom stereocenters. The predicted octanol–water partition coefficient (Wildman–Crippen LogP) is 0.419. The predicted molar refractivity (Wildman–Crippen MR) is 41.4 cm³/mol. The van der Waals surface area contributed by atoms with Gasteiger partial charge in [-0.3, -0.25) is 0 Å². The van der Waals surface area contributed by atoms with Crippen LogP contribution in [-0.4, -0.2) is 37.6 Å². The Bertz CT molecular complexity index is 116. The maximum Gasteiger partial charge on any atom is 0.0827 e. The van der Waals surface area contributed by atoms with Crippen LogP contribution in [-0.2, 0) is 9.47 Å². The molecule has 0 amide bonds. The fourth-order valence-corrected chi connectivity index (χ4v) is 1.55. The Kier molecular flexibility index (Phi) is 3.30. The van der Waals surface area contributed by atoms with Gasteiger partial charge in [-0.15, -0.1) is 0 Å². The average Bonchev–Trinajstić information content (AvgIpc) is 2.36. The van der Waals surface area contributed by atoms with Gasteiger partial charge in [0.25, 0.3) is 0 Å². The van der Waals surface area contributed by atoms with Crippen molar-refractivity contribution in [1.82, 2.24) is 0 Å². The summed E-state index contributed by atoms with van der Waals surface area (Å²) >= 11 is 0. The lowest BCUT2D eigenvalue weighted by molar-refractivity contribution is -0.00166. The second-order valence-corrected chi connectivity index (χ2v) is 3.05. The lowest BCUT2D eigenvalue weighted by Gasteiger charge is -2.19. The molecule has 3 unspecified atom stereocenters. The van der Waals surface area contributed by atoms with Crippen molar-refractivity contribution in [2.24, 2.45) is 5.92 Å². The molecule has 0 aromatic carbocycles. The molecule has 0 aromatic heterocycles. The topological polar surface area (TPSA) is 38.7 Å². The SMILES string of the molecule is COCC(O)C1CCOC1C. The lowest BCUT2D eigenvalue weighted by atomic mass is 9.96. The van der Waals surface area contributed by atoms with E-state index < -0.39 is 0 Å². The van der Waals surface area contributed by atoms with Crippen molar-refractivity contribution in [3.05, 3.63) is 0 Å². The first-order valence-electron chi connectivity index (χ1n) is 4.04. The molecule has 1 aliphatic rings. The van der Waals surface area contributed by atoms with Gasteiger partial charge in [-0.1, -0.05) is 0 Å². The molecule has 0 spiro atoms. The first-order chi connectivity index (χ1) is 5.25. The molecule has 0 aliphatic carbocycles. The molecule has 0 aromatic rings. The molecule has 3 nitrogen and oxygen atoms in total. The first kappa shape index (κ1) is 8.97. The van der Waals surface area contributed by atoms with Crippen LogP contribution < -0.4 is 0 Å². The van der Waals surface area contributed by atoms with Crippen molar-refractivity contribution in [3.8, 4) is 0 Å². The Morgan fingerprint density at radius 1 is 1.73 bits per heavy atom. The summed E-state index contributed by atoms with van der Waals surface area (Å²) in [5.41, 5.74) is 0. The third-order valence-corrected chi connectivity index (χ3v) is 2.27. The van der Waals surface area contributed by atoms with Crippen LogP contribution >= 0.6 is 0 Å². The summed E-state index contributed by atoms with van der Waals surface area (Å²) in [6.07, 6.45) is 0.767. The molecular weight excluding hydrogens is 144 g/mol. The van der Waals surface area contributed by atoms with Gasteiger partial charge in [0.15, 0.2) is 0 Å². The van der Waals surface area contributed by atoms with Crippen LogP contribution in [0.25, 0.3) is 0 Å². The zero-order valence-electron chi connectivity index (χ0n) is 7.12. The van der Waals surface area contributed by atoms with E-state index in [-0.39, 0.29) is 18.1 Å². The Labute approximate surface area is 67.3 Å². The smallest absolute Gasteiger partial charge is 0.0827 e. The molecule has 1 aliphatic heterocycles. The van der Waals surface area contributed by atoms with Gasteiger partial charge >= 0.3 is 0 Å². The highest BCUT2D eigenvalue weighted by Crippen LogP contribution is 2.23. The van der Waals surface area contributed by atoms with Crippen molar-refractivity contribution >= 4 is 0 Å². The van der Waals surface area contributed by atoms with Crippen LogP contribution in [0.2, 0.25) is 0 Å². The minimum absolute atomic E-state index is 0.181. The molecule has 0 bridgehead atoms. The minimum Gasteiger partial charge on any atom is -0.390 e. The van der Waals surface area contributed by atoms with Crippen LogP contribution in [0.4, 0.5) is 0 Å². The first-order valence-corrected chi connectivity index (χ1v) is 4.04. The summed E-state index contributed by atoms with van der Waals surface area (Å²) in [5, 5.41) is 9.51. The van der Waals surface area contributed by atoms with Gasteiger partial charge in [0.1, 0.15) is 0 Å². The largest absolute Gasteiger partial charge is 0.390 e. The van der Waals surface area contributed by atoms with Crippen LogP contribution in [0.15, 0.2) is 0 Å². The Morgan fingerprint density at radius 2 is 2.45 bits per heavy atom. The van der Waals surface area contributed by atoms with E-state index in [1.165, 1.54) is 0 Å². The molecule has 1 N–H and O–H groups in total. The van der Waals surface area contributed by atoms with Crippen LogP contribution in [0.3, 0.4) is 0 Å². The van der Waals surface area contributed by atoms with Crippen molar-refractivity contribution in [2.45, 2.75) is 25.6 Å². The van der Waals surface area contributed by atoms with E-state index in [2.05, 4.69) is 0 Å². The number of methoxy groups -OCH3 is 1. The summed E-state index contributed by atoms with van der Waals surface area (Å²) in [7, 11) is 1.60. The van der Waals surface area contributed by atoms with Gasteiger partial charge in [0.2, 0.25) is 0 Å². The average molecular weight is 160 g/mol. The highest BCUT2D eigenvalue weighted by atomic mass is 16.5. The normalized spacial score (nSPS) is 34.1. The summed E-state index contributed by atoms with van der Waals surface area (Å²) < 4.78 is 10.2. The van der Waals surface area contributed by atoms with Crippen molar-refractivity contribution in [1.29, 1.82) is 0 Å². The highest BCUT2D eigenvalue weighted by molar-refractivity contribution is 4.78. The third kappa shape index (κ3) is 2.15. The maximum atomic E-state index is 9.51. The van der Waals surface area contributed by atoms with Gasteiger partial charge in [-0.05, 0) is 13.3 Å². The number of hydrogen-bond donors (Lipinski definition) is 1. The quantitative estimate of drug-likeness (QED) is 0.650. The highest BCUT2D eigenvalue weighted by Gasteiger charge is 2.30. The van der Waals surface area contributed by atoms with Gasteiger partial charge in [-0.25, -0.2) is 0 Å². The van der Waals surface area contributed by atoms with E-state index in [0.717, 1.165) is 13.0 Å². The van der Waals surface area contributed by atoms with Gasteiger partial charge in [-0.2, -0.15) is 0 Å². The Morgan fingerprint density at radius 3 is 2.91 bits per heavy atom. The van der Waals surface area contributed by atoms with E-state index in [1.807, 2.05) is 6.92 Å². The van der Waals surface area contributed by atoms with E-state index in [1.54, 1.807) is 7.11 Å². The summed E-state index contributed by atoms with van der Waals surface area (Å²) in [6.45, 7) is 3.18. The fourth-order valence-electron chi connectivity index (χ4n) is 1.55. The molecular formula is C8H16O3. The molecule has 1 saturated heterocycles. The van der Waals surface area contributed by atoms with Crippen molar-refractivity contribution in [2.75, 3.05) is 20.3 Å². The molecule has 66 valence electrons. The second kappa shape index (κ2) is 4.04. The van der Waals surface area contributed by atoms with Gasteiger partial charge in [0.05, 0.1) is 18.8 Å². The summed E-state index contributed by atoms with van der Waals surface area (Å²) in [6, 6.07) is 0. The van der Waals surface area contributed by atoms with E-state index >= 15 is 0 Å². The maximum absolute atomic E-state index is 9.51. The summed E-state index contributed by atoms with van der Waals surface area (Å²) in [4.78, 5) is 0. The number of rotatable bonds is 3. The number of hydrogen-bond acceptors (Lipinski definition) is 3. The van der Waals surface area contributed by atoms with Crippen LogP contribution in [0.1, 0.15) is 13.3 Å². The second-order valence-electron chi connectivity index (χ2n) is 3.05. The summed E-state index contributed by atoms with van der Waals surface area (Å²) in [5.74, 6) is 0.259. The number of ether oxygens (including phenoxy) is 2. The zero-order chi connectivity index (χ0) is 8.27. The molecule has 0 saturated carbocycles. The fraction of sp³-hybridized carbons (Fsp3) is 1.00. The lowest BCUT2D eigenvalue weighted by Crippen LogP contribution is -2.29. The van der Waals surface area contributed by atoms with Gasteiger partial charge < -0.3 is 14.6 Å². The van der Waals surface area contributed by atoms with Crippen molar-refractivity contribution < 1.29 is 14.6 Å². The monoisotopic (exact) mass is 160 g/mol. The molecule has 1 fully saturated rings. The Balaban J connectivity index is 2.33. The molecule has 1 rings (SSSR count). The number of aliphatic hydroxyl groups is 1. The third-order valence-electron chi connectivity index (χ3n) is 2.27. The standard InChI is InChI=1S/C8H16O3/c1-6-7(3-4-11-6)8(9)5-10-2/h6-9H,3-5H2,1-2H3. The number of aliphatic hydroxyl groups excluding tert-OH is 1. The molecule has 0 radical (unpaired) electrons. The molecule has 3 heteroatoms. The Hall–Kier alpha value is -0.120. The van der Waals surface area contributed by atoms with Crippen molar-refractivity contribution in [3.63, 3.8) is 0 Å². The van der Waals surface area contributed by atoms with E-state index in [4.69, 9.17) is 9.47 Å². The van der Waals surface area contributed by atoms with Crippen LogP contribution in [0.5, 0.6) is 0 Å². The van der Waals surface area contributed by atoms with E-state index in [9.17, 15) is 5.11 Å². The zero-order valence-corrected chi connectivity index (χ0v) is 7.12. The van der Waals surface area contributed by atoms with E-state index in [0.29, 0.717) is 6.61 Å². The van der Waals surface area contributed by atoms with Gasteiger partial charge in [0, 0.05) is 19.6 Å². The minimum atomic E-state index is -0.363. The van der Waals surface area contributed by atoms with Crippen LogP contribution in [0, 0.1) is 5.92 Å². The molecule has 1 heterocycles. The molecule has 11 heavy (non-hydrogen) atoms.